The molecule has 208 valence electrons. The number of halogens is 1. The molecule has 2 aromatic rings. The number of hydrogen-bond acceptors (Lipinski definition) is 12. The number of nitrogens with one attached hydrogen (secondary N) is 3. The molecule has 2 aromatic heterocycles. The number of carbonyl (C=O) groups is 2. The van der Waals surface area contributed by atoms with Crippen molar-refractivity contribution >= 4 is 51.0 Å². The number of hydrogen-bond donors (Lipinski definition) is 5. The first-order chi connectivity index (χ1) is 18.1. The molecule has 0 aliphatic carbocycles. The quantitative estimate of drug-likeness (QED) is 0.173. The third-order valence-corrected chi connectivity index (χ3v) is 9.09. The predicted octanol–water partition coefficient (Wildman–Crippen LogP) is -0.892. The SMILES string of the molecule is Nc1ncnc2c1ncn2[C@@H]1O[C@H](COS(=O)(=O)NC(=O)CCCC[C@H]2SCC3NC(=O)NC32)[C@@H](O)[C@@H]1F. The fraction of sp³-hybridized carbons (Fsp3) is 0.650. The molecule has 6 N–H and O–H groups in total. The van der Waals surface area contributed by atoms with Crippen molar-refractivity contribution in [2.75, 3.05) is 18.1 Å². The number of fused-ring (bicyclic) bond motifs is 2. The number of aliphatic hydroxyl groups excluding tert-OH is 1. The lowest BCUT2D eigenvalue weighted by Crippen LogP contribution is -2.37. The van der Waals surface area contributed by atoms with Gasteiger partial charge in [-0.25, -0.2) is 28.9 Å². The molecular weight excluding hydrogens is 547 g/mol. The first-order valence-corrected chi connectivity index (χ1v) is 14.4. The number of rotatable bonds is 10. The van der Waals surface area contributed by atoms with Crippen molar-refractivity contribution in [2.24, 2.45) is 0 Å². The standard InChI is InChI=1S/C20H27FN8O7S2/c21-13-16(31)10(36-19(13)29-8-25-15-17(22)23-7-24-18(15)29)5-35-38(33,34)28-12(30)4-2-1-3-11-14-9(6-37-11)26-20(32)27-14/h7-11,13-14,16,19,31H,1-6H2,(H,28,30)(H2,22,23,24)(H2,26,27,32)/t9?,10-,11-,13+,14?,16-,19-/m1/s1. The van der Waals surface area contributed by atoms with Crippen LogP contribution < -0.4 is 21.1 Å². The van der Waals surface area contributed by atoms with E-state index in [1.807, 2.05) is 4.72 Å². The molecule has 0 saturated carbocycles. The van der Waals surface area contributed by atoms with Gasteiger partial charge in [-0.3, -0.25) is 13.5 Å². The van der Waals surface area contributed by atoms with Crippen molar-refractivity contribution in [2.45, 2.75) is 67.6 Å². The zero-order chi connectivity index (χ0) is 27.0. The van der Waals surface area contributed by atoms with Gasteiger partial charge in [-0.15, -0.1) is 0 Å². The van der Waals surface area contributed by atoms with Crippen LogP contribution in [0, 0.1) is 0 Å². The van der Waals surface area contributed by atoms with Crippen LogP contribution >= 0.6 is 11.8 Å². The van der Waals surface area contributed by atoms with Gasteiger partial charge in [0.15, 0.2) is 23.9 Å². The highest BCUT2D eigenvalue weighted by Gasteiger charge is 2.46. The monoisotopic (exact) mass is 574 g/mol. The Morgan fingerprint density at radius 3 is 2.97 bits per heavy atom. The average Bonchev–Trinajstić information content (AvgIpc) is 3.61. The van der Waals surface area contributed by atoms with E-state index in [0.29, 0.717) is 12.8 Å². The van der Waals surface area contributed by atoms with Crippen LogP contribution in [0.4, 0.5) is 15.0 Å². The van der Waals surface area contributed by atoms with E-state index in [1.165, 1.54) is 17.2 Å². The first-order valence-electron chi connectivity index (χ1n) is 11.9. The van der Waals surface area contributed by atoms with Gasteiger partial charge in [0.2, 0.25) is 5.91 Å². The summed E-state index contributed by atoms with van der Waals surface area (Å²) in [5, 5.41) is 16.2. The van der Waals surface area contributed by atoms with E-state index in [4.69, 9.17) is 14.7 Å². The number of thioether (sulfide) groups is 1. The molecule has 0 spiro atoms. The minimum atomic E-state index is -4.52. The molecule has 3 fully saturated rings. The van der Waals surface area contributed by atoms with Gasteiger partial charge in [-0.1, -0.05) is 6.42 Å². The Hall–Kier alpha value is -2.80. The van der Waals surface area contributed by atoms with E-state index in [-0.39, 0.29) is 46.8 Å². The van der Waals surface area contributed by atoms with E-state index in [1.54, 1.807) is 11.8 Å². The Morgan fingerprint density at radius 2 is 2.16 bits per heavy atom. The molecule has 3 saturated heterocycles. The summed E-state index contributed by atoms with van der Waals surface area (Å²) in [6.07, 6.45) is -2.14. The van der Waals surface area contributed by atoms with Crippen LogP contribution in [0.5, 0.6) is 0 Å². The topological polar surface area (TPSA) is 213 Å². The first kappa shape index (κ1) is 26.8. The Kier molecular flexibility index (Phi) is 7.58. The average molecular weight is 575 g/mol. The van der Waals surface area contributed by atoms with Gasteiger partial charge < -0.3 is 26.2 Å². The molecule has 0 aromatic carbocycles. The Bertz CT molecular complexity index is 1310. The van der Waals surface area contributed by atoms with Crippen molar-refractivity contribution in [1.29, 1.82) is 0 Å². The fourth-order valence-electron chi connectivity index (χ4n) is 4.77. The van der Waals surface area contributed by atoms with Gasteiger partial charge in [0.25, 0.3) is 0 Å². The number of carbonyl (C=O) groups excluding carboxylic acids is 2. The van der Waals surface area contributed by atoms with Crippen LogP contribution in [0.25, 0.3) is 11.2 Å². The van der Waals surface area contributed by atoms with Crippen LogP contribution in [0.2, 0.25) is 0 Å². The van der Waals surface area contributed by atoms with Crippen molar-refractivity contribution < 1.29 is 36.4 Å². The van der Waals surface area contributed by atoms with Crippen molar-refractivity contribution in [3.05, 3.63) is 12.7 Å². The summed E-state index contributed by atoms with van der Waals surface area (Å²) in [6.45, 7) is -0.730. The second-order valence-electron chi connectivity index (χ2n) is 9.21. The number of nitrogens with zero attached hydrogens (tertiary/aromatic N) is 4. The van der Waals surface area contributed by atoms with Crippen LogP contribution in [0.1, 0.15) is 31.9 Å². The Balaban J connectivity index is 1.07. The lowest BCUT2D eigenvalue weighted by molar-refractivity contribution is -0.119. The highest BCUT2D eigenvalue weighted by Crippen LogP contribution is 2.35. The number of aliphatic hydroxyl groups is 1. The van der Waals surface area contributed by atoms with E-state index in [2.05, 4.69) is 25.6 Å². The normalized spacial score (nSPS) is 30.8. The molecule has 3 aliphatic heterocycles. The number of anilines is 1. The summed E-state index contributed by atoms with van der Waals surface area (Å²) in [5.41, 5.74) is 6.13. The number of nitrogen functional groups attached to an aromatic ring is 1. The fourth-order valence-corrected chi connectivity index (χ4v) is 7.07. The van der Waals surface area contributed by atoms with Crippen LogP contribution in [0.3, 0.4) is 0 Å². The molecule has 3 amide bonds. The lowest BCUT2D eigenvalue weighted by atomic mass is 10.0. The van der Waals surface area contributed by atoms with E-state index < -0.39 is 47.4 Å². The second-order valence-corrected chi connectivity index (χ2v) is 11.8. The molecule has 7 atom stereocenters. The summed E-state index contributed by atoms with van der Waals surface area (Å²) < 4.78 is 52.6. The van der Waals surface area contributed by atoms with Crippen LogP contribution in [0.15, 0.2) is 12.7 Å². The number of alkyl halides is 1. The molecular formula is C20H27FN8O7S2. The summed E-state index contributed by atoms with van der Waals surface area (Å²) >= 11 is 1.75. The maximum atomic E-state index is 14.8. The number of ether oxygens (including phenoxy) is 1. The van der Waals surface area contributed by atoms with Crippen molar-refractivity contribution in [3.8, 4) is 0 Å². The highest BCUT2D eigenvalue weighted by atomic mass is 32.2. The van der Waals surface area contributed by atoms with Gasteiger partial charge in [0, 0.05) is 17.4 Å². The molecule has 5 heterocycles. The summed E-state index contributed by atoms with van der Waals surface area (Å²) in [6, 6.07) is 0.00378. The number of urea groups is 1. The van der Waals surface area contributed by atoms with Gasteiger partial charge in [-0.05, 0) is 12.8 Å². The van der Waals surface area contributed by atoms with Gasteiger partial charge in [0.1, 0.15) is 24.1 Å². The molecule has 0 bridgehead atoms. The molecule has 18 heteroatoms. The number of unbranched alkanes of at least 4 members (excludes halogenated alkanes) is 1. The number of aromatic nitrogens is 4. The van der Waals surface area contributed by atoms with Crippen LogP contribution in [-0.2, 0) is 24.0 Å². The molecule has 15 nitrogen and oxygen atoms in total. The number of amides is 3. The van der Waals surface area contributed by atoms with E-state index >= 15 is 0 Å². The maximum Gasteiger partial charge on any atom is 0.362 e. The molecule has 5 rings (SSSR count). The van der Waals surface area contributed by atoms with Gasteiger partial charge in [-0.2, -0.15) is 20.2 Å². The van der Waals surface area contributed by atoms with E-state index in [0.717, 1.165) is 12.2 Å². The van der Waals surface area contributed by atoms with E-state index in [9.17, 15) is 27.5 Å². The lowest BCUT2D eigenvalue weighted by Gasteiger charge is -2.16. The molecule has 3 aliphatic rings. The summed E-state index contributed by atoms with van der Waals surface area (Å²) in [7, 11) is -4.52. The zero-order valence-corrected chi connectivity index (χ0v) is 21.5. The third-order valence-electron chi connectivity index (χ3n) is 6.66. The predicted molar refractivity (Wildman–Crippen MR) is 132 cm³/mol. The largest absolute Gasteiger partial charge is 0.387 e. The maximum absolute atomic E-state index is 14.8. The second kappa shape index (κ2) is 10.8. The van der Waals surface area contributed by atoms with Crippen LogP contribution in [-0.4, -0.2) is 93.1 Å². The van der Waals surface area contributed by atoms with Gasteiger partial charge >= 0.3 is 16.3 Å². The Labute approximate surface area is 220 Å². The Morgan fingerprint density at radius 1 is 1.34 bits per heavy atom. The zero-order valence-electron chi connectivity index (χ0n) is 19.9. The number of imidazole rings is 1. The molecule has 0 radical (unpaired) electrons. The smallest absolute Gasteiger partial charge is 0.362 e. The molecule has 38 heavy (non-hydrogen) atoms. The van der Waals surface area contributed by atoms with Crippen molar-refractivity contribution in [3.63, 3.8) is 0 Å². The minimum absolute atomic E-state index is 0.0471. The van der Waals surface area contributed by atoms with Crippen molar-refractivity contribution in [1.82, 2.24) is 34.9 Å². The third kappa shape index (κ3) is 5.49. The highest BCUT2D eigenvalue weighted by molar-refractivity contribution is 8.00. The van der Waals surface area contributed by atoms with Gasteiger partial charge in [0.05, 0.1) is 25.0 Å². The summed E-state index contributed by atoms with van der Waals surface area (Å²) in [5.74, 6) is 0.152. The minimum Gasteiger partial charge on any atom is -0.387 e. The summed E-state index contributed by atoms with van der Waals surface area (Å²) in [4.78, 5) is 35.4. The number of nitrogens with two attached hydrogens (primary N) is 1. The molecule has 2 unspecified atom stereocenters.